The van der Waals surface area contributed by atoms with Crippen molar-refractivity contribution in [3.63, 3.8) is 0 Å². The molecule has 0 bridgehead atoms. The Balaban J connectivity index is 2.20. The second-order valence-electron chi connectivity index (χ2n) is 6.25. The molecule has 2 aromatic rings. The van der Waals surface area contributed by atoms with Crippen molar-refractivity contribution in [2.45, 2.75) is 33.1 Å². The second kappa shape index (κ2) is 6.60. The number of hydrogen-bond acceptors (Lipinski definition) is 2. The molecule has 22 heavy (non-hydrogen) atoms. The molecule has 0 radical (unpaired) electrons. The van der Waals surface area contributed by atoms with E-state index < -0.39 is 0 Å². The first-order chi connectivity index (χ1) is 10.4. The van der Waals surface area contributed by atoms with Gasteiger partial charge in [-0.05, 0) is 30.7 Å². The summed E-state index contributed by atoms with van der Waals surface area (Å²) < 4.78 is 0. The van der Waals surface area contributed by atoms with Crippen molar-refractivity contribution < 1.29 is 4.79 Å². The lowest BCUT2D eigenvalue weighted by Gasteiger charge is -2.17. The van der Waals surface area contributed by atoms with Gasteiger partial charge in [-0.15, -0.1) is 0 Å². The van der Waals surface area contributed by atoms with Crippen LogP contribution < -0.4 is 10.6 Å². The van der Waals surface area contributed by atoms with Crippen LogP contribution in [-0.4, -0.2) is 17.6 Å². The van der Waals surface area contributed by atoms with Gasteiger partial charge in [0.15, 0.2) is 0 Å². The van der Waals surface area contributed by atoms with Crippen LogP contribution in [0.2, 0.25) is 0 Å². The van der Waals surface area contributed by atoms with Crippen molar-refractivity contribution in [3.05, 3.63) is 48.3 Å². The highest BCUT2D eigenvalue weighted by atomic mass is 16.2. The Morgan fingerprint density at radius 3 is 2.50 bits per heavy atom. The maximum atomic E-state index is 11.6. The normalized spacial score (nSPS) is 11.1. The monoisotopic (exact) mass is 297 g/mol. The lowest BCUT2D eigenvalue weighted by atomic mass is 9.91. The Bertz CT molecular complexity index is 642. The Kier molecular flexibility index (Phi) is 4.81. The molecule has 0 aliphatic heterocycles. The summed E-state index contributed by atoms with van der Waals surface area (Å²) in [6.07, 6.45) is 1.88. The number of pyridine rings is 1. The van der Waals surface area contributed by atoms with E-state index in [2.05, 4.69) is 48.5 Å². The smallest absolute Gasteiger partial charge is 0.319 e. The summed E-state index contributed by atoms with van der Waals surface area (Å²) in [6.45, 7) is 8.92. The van der Waals surface area contributed by atoms with Gasteiger partial charge in [0.1, 0.15) is 0 Å². The summed E-state index contributed by atoms with van der Waals surface area (Å²) in [6, 6.07) is 11.7. The highest BCUT2D eigenvalue weighted by Gasteiger charge is 2.14. The van der Waals surface area contributed by atoms with Gasteiger partial charge in [0, 0.05) is 35.1 Å². The number of hydrogen-bond donors (Lipinski definition) is 2. The molecule has 1 aromatic heterocycles. The van der Waals surface area contributed by atoms with Crippen LogP contribution in [0, 0.1) is 0 Å². The molecular weight excluding hydrogens is 274 g/mol. The van der Waals surface area contributed by atoms with Crippen LogP contribution in [0.5, 0.6) is 0 Å². The average molecular weight is 297 g/mol. The molecule has 0 saturated heterocycles. The number of aromatic nitrogens is 1. The van der Waals surface area contributed by atoms with Crippen LogP contribution >= 0.6 is 0 Å². The summed E-state index contributed by atoms with van der Waals surface area (Å²) >= 11 is 0. The lowest BCUT2D eigenvalue weighted by molar-refractivity contribution is 0.252. The van der Waals surface area contributed by atoms with Crippen LogP contribution in [0.3, 0.4) is 0 Å². The van der Waals surface area contributed by atoms with Crippen LogP contribution in [0.4, 0.5) is 10.5 Å². The van der Waals surface area contributed by atoms with Gasteiger partial charge in [-0.25, -0.2) is 4.79 Å². The highest BCUT2D eigenvalue weighted by molar-refractivity contribution is 5.90. The maximum Gasteiger partial charge on any atom is 0.319 e. The summed E-state index contributed by atoms with van der Waals surface area (Å²) in [4.78, 5) is 16.1. The predicted octanol–water partition coefficient (Wildman–Crippen LogP) is 4.19. The van der Waals surface area contributed by atoms with E-state index in [1.165, 1.54) is 0 Å². The van der Waals surface area contributed by atoms with Gasteiger partial charge < -0.3 is 10.6 Å². The molecule has 4 heteroatoms. The molecule has 0 unspecified atom stereocenters. The first-order valence-corrected chi connectivity index (χ1v) is 7.52. The zero-order chi connectivity index (χ0) is 16.2. The zero-order valence-corrected chi connectivity index (χ0v) is 13.6. The van der Waals surface area contributed by atoms with Crippen LogP contribution in [0.25, 0.3) is 11.1 Å². The topological polar surface area (TPSA) is 54.0 Å². The molecule has 2 amide bonds. The molecule has 0 saturated carbocycles. The number of benzene rings is 1. The summed E-state index contributed by atoms with van der Waals surface area (Å²) in [7, 11) is 0. The van der Waals surface area contributed by atoms with Gasteiger partial charge in [0.2, 0.25) is 0 Å². The van der Waals surface area contributed by atoms with E-state index >= 15 is 0 Å². The van der Waals surface area contributed by atoms with Crippen LogP contribution in [-0.2, 0) is 5.41 Å². The summed E-state index contributed by atoms with van der Waals surface area (Å²) in [5, 5.41) is 5.53. The van der Waals surface area contributed by atoms with Gasteiger partial charge in [0.25, 0.3) is 0 Å². The number of amides is 2. The van der Waals surface area contributed by atoms with Gasteiger partial charge >= 0.3 is 6.03 Å². The van der Waals surface area contributed by atoms with Crippen molar-refractivity contribution >= 4 is 11.7 Å². The number of nitrogens with one attached hydrogen (secondary N) is 2. The standard InChI is InChI=1S/C18H23N3O/c1-5-19-17(22)21-15-8-6-7-13(11-15)14-9-10-16(20-12-14)18(2,3)4/h6-12H,5H2,1-4H3,(H2,19,21,22). The van der Waals surface area contributed by atoms with E-state index in [4.69, 9.17) is 0 Å². The number of nitrogens with zero attached hydrogens (tertiary/aromatic N) is 1. The molecule has 2 N–H and O–H groups in total. The summed E-state index contributed by atoms with van der Waals surface area (Å²) in [5.74, 6) is 0. The molecule has 1 aromatic carbocycles. The third kappa shape index (κ3) is 4.07. The fraction of sp³-hybridized carbons (Fsp3) is 0.333. The second-order valence-corrected chi connectivity index (χ2v) is 6.25. The van der Waals surface area contributed by atoms with Crippen molar-refractivity contribution in [2.24, 2.45) is 0 Å². The molecule has 0 aliphatic rings. The van der Waals surface area contributed by atoms with Crippen molar-refractivity contribution in [2.75, 3.05) is 11.9 Å². The predicted molar refractivity (Wildman–Crippen MR) is 91.1 cm³/mol. The van der Waals surface area contributed by atoms with Gasteiger partial charge in [-0.2, -0.15) is 0 Å². The largest absolute Gasteiger partial charge is 0.338 e. The molecule has 116 valence electrons. The molecular formula is C18H23N3O. The Labute approximate surface area is 132 Å². The summed E-state index contributed by atoms with van der Waals surface area (Å²) in [5.41, 5.74) is 3.94. The van der Waals surface area contributed by atoms with Gasteiger partial charge in [-0.3, -0.25) is 4.98 Å². The molecule has 4 nitrogen and oxygen atoms in total. The third-order valence-corrected chi connectivity index (χ3v) is 3.32. The van der Waals surface area contributed by atoms with Gasteiger partial charge in [0.05, 0.1) is 0 Å². The van der Waals surface area contributed by atoms with E-state index in [0.717, 1.165) is 22.5 Å². The van der Waals surface area contributed by atoms with Crippen molar-refractivity contribution in [3.8, 4) is 11.1 Å². The van der Waals surface area contributed by atoms with E-state index in [9.17, 15) is 4.79 Å². The number of carbonyl (C=O) groups excluding carboxylic acids is 1. The molecule has 0 spiro atoms. The molecule has 2 rings (SSSR count). The average Bonchev–Trinajstić information content (AvgIpc) is 2.47. The van der Waals surface area contributed by atoms with E-state index in [1.807, 2.05) is 37.4 Å². The molecule has 0 aliphatic carbocycles. The SMILES string of the molecule is CCNC(=O)Nc1cccc(-c2ccc(C(C)(C)C)nc2)c1. The zero-order valence-electron chi connectivity index (χ0n) is 13.6. The van der Waals surface area contributed by atoms with Crippen molar-refractivity contribution in [1.82, 2.24) is 10.3 Å². The van der Waals surface area contributed by atoms with Crippen LogP contribution in [0.1, 0.15) is 33.4 Å². The minimum Gasteiger partial charge on any atom is -0.338 e. The highest BCUT2D eigenvalue weighted by Crippen LogP contribution is 2.25. The first-order valence-electron chi connectivity index (χ1n) is 7.52. The minimum atomic E-state index is -0.194. The first kappa shape index (κ1) is 16.0. The number of carbonyl (C=O) groups is 1. The Morgan fingerprint density at radius 2 is 1.91 bits per heavy atom. The van der Waals surface area contributed by atoms with E-state index in [1.54, 1.807) is 0 Å². The fourth-order valence-corrected chi connectivity index (χ4v) is 2.12. The fourth-order valence-electron chi connectivity index (χ4n) is 2.12. The molecule has 0 fully saturated rings. The Morgan fingerprint density at radius 1 is 1.14 bits per heavy atom. The number of anilines is 1. The van der Waals surface area contributed by atoms with E-state index in [0.29, 0.717) is 6.54 Å². The molecule has 1 heterocycles. The van der Waals surface area contributed by atoms with Crippen molar-refractivity contribution in [1.29, 1.82) is 0 Å². The third-order valence-electron chi connectivity index (χ3n) is 3.32. The van der Waals surface area contributed by atoms with E-state index in [-0.39, 0.29) is 11.4 Å². The van der Waals surface area contributed by atoms with Gasteiger partial charge in [-0.1, -0.05) is 39.0 Å². The number of urea groups is 1. The quantitative estimate of drug-likeness (QED) is 0.892. The van der Waals surface area contributed by atoms with Crippen LogP contribution in [0.15, 0.2) is 42.6 Å². The Hall–Kier alpha value is -2.36. The minimum absolute atomic E-state index is 0.0418. The number of rotatable bonds is 3. The molecule has 0 atom stereocenters. The maximum absolute atomic E-state index is 11.6. The lowest BCUT2D eigenvalue weighted by Crippen LogP contribution is -2.28.